The minimum Gasteiger partial charge on any atom is -0.170 e. The van der Waals surface area contributed by atoms with Crippen LogP contribution in [0.2, 0.25) is 0 Å². The first kappa shape index (κ1) is 12.1. The van der Waals surface area contributed by atoms with Crippen LogP contribution >= 0.6 is 0 Å². The highest BCUT2D eigenvalue weighted by atomic mass is 19.4. The Balaban J connectivity index is 3.02. The maximum atomic E-state index is 12.2. The zero-order chi connectivity index (χ0) is 11.9. The molecule has 1 rings (SSSR count). The second-order valence-corrected chi connectivity index (χ2v) is 3.46. The number of hydrogen-bond donors (Lipinski definition) is 0. The molecule has 86 valence electrons. The minimum absolute atomic E-state index is 0.0900. The molecule has 6 heteroatoms. The lowest BCUT2D eigenvalue weighted by molar-refractivity contribution is -0.162. The molecule has 0 amide bonds. The average molecular weight is 230 g/mol. The first-order valence-electron chi connectivity index (χ1n) is 4.13. The van der Waals surface area contributed by atoms with Gasteiger partial charge in [-0.25, -0.2) is 0 Å². The number of allylic oxidation sites excluding steroid dienone is 4. The number of alkyl halides is 6. The van der Waals surface area contributed by atoms with Crippen molar-refractivity contribution < 1.29 is 26.3 Å². The highest BCUT2D eigenvalue weighted by Gasteiger charge is 2.43. The van der Waals surface area contributed by atoms with E-state index in [1.807, 2.05) is 0 Å². The van der Waals surface area contributed by atoms with Crippen molar-refractivity contribution in [3.8, 4) is 0 Å². The number of rotatable bonds is 0. The Labute approximate surface area is 82.3 Å². The van der Waals surface area contributed by atoms with E-state index in [4.69, 9.17) is 0 Å². The molecule has 0 bridgehead atoms. The van der Waals surface area contributed by atoms with Gasteiger partial charge in [0.1, 0.15) is 0 Å². The van der Waals surface area contributed by atoms with Gasteiger partial charge in [0.25, 0.3) is 0 Å². The molecule has 15 heavy (non-hydrogen) atoms. The molecule has 1 aliphatic carbocycles. The molecule has 0 aromatic rings. The SMILES string of the molecule is CC1=CC(C(F)(F)F)=CC(C(F)(F)F)C1. The molecule has 0 nitrogen and oxygen atoms in total. The third-order valence-electron chi connectivity index (χ3n) is 2.07. The Morgan fingerprint density at radius 1 is 1.13 bits per heavy atom. The van der Waals surface area contributed by atoms with Gasteiger partial charge in [0, 0.05) is 0 Å². The fraction of sp³-hybridized carbons (Fsp3) is 0.556. The van der Waals surface area contributed by atoms with Crippen LogP contribution in [-0.4, -0.2) is 12.4 Å². The maximum Gasteiger partial charge on any atom is 0.416 e. The van der Waals surface area contributed by atoms with E-state index in [1.54, 1.807) is 0 Å². The van der Waals surface area contributed by atoms with Crippen LogP contribution in [0.4, 0.5) is 26.3 Å². The van der Waals surface area contributed by atoms with E-state index in [0.29, 0.717) is 0 Å². The van der Waals surface area contributed by atoms with Crippen molar-refractivity contribution in [1.29, 1.82) is 0 Å². The summed E-state index contributed by atoms with van der Waals surface area (Å²) in [5.41, 5.74) is -1.12. The average Bonchev–Trinajstić information content (AvgIpc) is 1.99. The Kier molecular flexibility index (Phi) is 2.89. The quantitative estimate of drug-likeness (QED) is 0.551. The van der Waals surface area contributed by atoms with Gasteiger partial charge < -0.3 is 0 Å². The van der Waals surface area contributed by atoms with Crippen LogP contribution in [0, 0.1) is 5.92 Å². The van der Waals surface area contributed by atoms with Crippen molar-refractivity contribution in [1.82, 2.24) is 0 Å². The summed E-state index contributed by atoms with van der Waals surface area (Å²) >= 11 is 0. The van der Waals surface area contributed by atoms with E-state index >= 15 is 0 Å². The first-order chi connectivity index (χ1) is 6.60. The zero-order valence-electron chi connectivity index (χ0n) is 7.71. The summed E-state index contributed by atoms with van der Waals surface area (Å²) in [6.45, 7) is 1.26. The Bertz CT molecular complexity index is 304. The van der Waals surface area contributed by atoms with Crippen molar-refractivity contribution in [3.05, 3.63) is 23.3 Å². The summed E-state index contributed by atoms with van der Waals surface area (Å²) in [6, 6.07) is 0. The largest absolute Gasteiger partial charge is 0.416 e. The Morgan fingerprint density at radius 2 is 1.67 bits per heavy atom. The molecular formula is C9H8F6. The molecule has 0 heterocycles. The fourth-order valence-corrected chi connectivity index (χ4v) is 1.38. The monoisotopic (exact) mass is 230 g/mol. The lowest BCUT2D eigenvalue weighted by Gasteiger charge is -2.23. The van der Waals surface area contributed by atoms with Crippen molar-refractivity contribution in [3.63, 3.8) is 0 Å². The molecule has 0 aromatic carbocycles. The van der Waals surface area contributed by atoms with Gasteiger partial charge in [0.2, 0.25) is 0 Å². The van der Waals surface area contributed by atoms with E-state index in [-0.39, 0.29) is 11.6 Å². The second-order valence-electron chi connectivity index (χ2n) is 3.46. The van der Waals surface area contributed by atoms with Crippen molar-refractivity contribution in [2.45, 2.75) is 25.7 Å². The molecule has 0 saturated carbocycles. The van der Waals surface area contributed by atoms with Gasteiger partial charge >= 0.3 is 12.4 Å². The predicted octanol–water partition coefficient (Wildman–Crippen LogP) is 4.00. The smallest absolute Gasteiger partial charge is 0.170 e. The number of halogens is 6. The summed E-state index contributed by atoms with van der Waals surface area (Å²) in [6.07, 6.45) is -8.74. The first-order valence-corrected chi connectivity index (χ1v) is 4.13. The molecule has 0 aliphatic heterocycles. The van der Waals surface area contributed by atoms with Gasteiger partial charge in [-0.3, -0.25) is 0 Å². The highest BCUT2D eigenvalue weighted by molar-refractivity contribution is 5.32. The summed E-state index contributed by atoms with van der Waals surface area (Å²) in [4.78, 5) is 0. The fourth-order valence-electron chi connectivity index (χ4n) is 1.38. The highest BCUT2D eigenvalue weighted by Crippen LogP contribution is 2.40. The van der Waals surface area contributed by atoms with Crippen molar-refractivity contribution in [2.75, 3.05) is 0 Å². The molecule has 0 radical (unpaired) electrons. The Morgan fingerprint density at radius 3 is 2.07 bits per heavy atom. The molecular weight excluding hydrogens is 222 g/mol. The minimum atomic E-state index is -4.72. The van der Waals surface area contributed by atoms with E-state index in [0.717, 1.165) is 6.08 Å². The molecule has 0 N–H and O–H groups in total. The standard InChI is InChI=1S/C9H8F6/c1-5-2-6(8(10,11)12)4-7(3-5)9(13,14)15/h2,4,7H,3H2,1H3. The van der Waals surface area contributed by atoms with Crippen LogP contribution in [0.3, 0.4) is 0 Å². The third kappa shape index (κ3) is 3.00. The maximum absolute atomic E-state index is 12.2. The van der Waals surface area contributed by atoms with Gasteiger partial charge in [-0.1, -0.05) is 17.7 Å². The summed E-state index contributed by atoms with van der Waals surface area (Å²) in [5, 5.41) is 0. The molecule has 0 spiro atoms. The predicted molar refractivity (Wildman–Crippen MR) is 42.1 cm³/mol. The summed E-state index contributed by atoms with van der Waals surface area (Å²) in [5.74, 6) is -2.03. The zero-order valence-corrected chi connectivity index (χ0v) is 7.71. The lowest BCUT2D eigenvalue weighted by atomic mass is 9.90. The van der Waals surface area contributed by atoms with Crippen LogP contribution in [0.5, 0.6) is 0 Å². The molecule has 0 fully saturated rings. The van der Waals surface area contributed by atoms with Crippen LogP contribution in [0.1, 0.15) is 13.3 Å². The Hall–Kier alpha value is -0.940. The van der Waals surface area contributed by atoms with Crippen LogP contribution in [-0.2, 0) is 0 Å². The molecule has 1 unspecified atom stereocenters. The molecule has 1 atom stereocenters. The van der Waals surface area contributed by atoms with E-state index in [9.17, 15) is 26.3 Å². The van der Waals surface area contributed by atoms with Gasteiger partial charge in [-0.05, 0) is 13.3 Å². The summed E-state index contributed by atoms with van der Waals surface area (Å²) < 4.78 is 73.3. The van der Waals surface area contributed by atoms with Crippen LogP contribution in [0.15, 0.2) is 23.3 Å². The van der Waals surface area contributed by atoms with Crippen LogP contribution < -0.4 is 0 Å². The van der Waals surface area contributed by atoms with Crippen molar-refractivity contribution >= 4 is 0 Å². The topological polar surface area (TPSA) is 0 Å². The second kappa shape index (κ2) is 3.57. The van der Waals surface area contributed by atoms with Crippen molar-refractivity contribution in [2.24, 2.45) is 5.92 Å². The summed E-state index contributed by atoms with van der Waals surface area (Å²) in [7, 11) is 0. The van der Waals surface area contributed by atoms with E-state index in [2.05, 4.69) is 0 Å². The van der Waals surface area contributed by atoms with Gasteiger partial charge in [-0.15, -0.1) is 0 Å². The molecule has 0 saturated heterocycles. The lowest BCUT2D eigenvalue weighted by Crippen LogP contribution is -2.26. The third-order valence-corrected chi connectivity index (χ3v) is 2.07. The van der Waals surface area contributed by atoms with E-state index < -0.39 is 30.3 Å². The van der Waals surface area contributed by atoms with Crippen LogP contribution in [0.25, 0.3) is 0 Å². The molecule has 1 aliphatic rings. The van der Waals surface area contributed by atoms with E-state index in [1.165, 1.54) is 6.92 Å². The van der Waals surface area contributed by atoms with Gasteiger partial charge in [-0.2, -0.15) is 26.3 Å². The normalized spacial score (nSPS) is 23.5. The number of hydrogen-bond acceptors (Lipinski definition) is 0. The van der Waals surface area contributed by atoms with Gasteiger partial charge in [0.05, 0.1) is 11.5 Å². The van der Waals surface area contributed by atoms with Gasteiger partial charge in [0.15, 0.2) is 0 Å². The molecule has 0 aromatic heterocycles.